The van der Waals surface area contributed by atoms with E-state index in [2.05, 4.69) is 20.6 Å². The molecule has 9 nitrogen and oxygen atoms in total. The number of amides is 1. The Bertz CT molecular complexity index is 1010. The number of hydrogen-bond acceptors (Lipinski definition) is 6. The highest BCUT2D eigenvalue weighted by atomic mass is 16.5. The second kappa shape index (κ2) is 7.31. The molecule has 2 N–H and O–H groups in total. The third-order valence-electron chi connectivity index (χ3n) is 3.55. The average Bonchev–Trinajstić information content (AvgIpc) is 3.03. The molecule has 1 amide bonds. The van der Waals surface area contributed by atoms with Crippen LogP contribution in [0, 0.1) is 18.3 Å². The van der Waals surface area contributed by atoms with Crippen molar-refractivity contribution in [2.24, 2.45) is 0 Å². The van der Waals surface area contributed by atoms with Crippen LogP contribution < -0.4 is 15.6 Å². The summed E-state index contributed by atoms with van der Waals surface area (Å²) in [6.45, 7) is 1.69. The van der Waals surface area contributed by atoms with Crippen LogP contribution in [-0.4, -0.2) is 32.5 Å². The summed E-state index contributed by atoms with van der Waals surface area (Å²) in [5.41, 5.74) is 1.21. The maximum absolute atomic E-state index is 12.5. The molecule has 0 atom stereocenters. The van der Waals surface area contributed by atoms with Gasteiger partial charge in [-0.1, -0.05) is 0 Å². The molecule has 0 aliphatic rings. The Morgan fingerprint density at radius 3 is 2.73 bits per heavy atom. The van der Waals surface area contributed by atoms with Crippen LogP contribution in [0.15, 0.2) is 47.4 Å². The smallest absolute Gasteiger partial charge is 0.264 e. The SMILES string of the molecule is Cc1c(C(=O)Nc2ccc(OCC#N)cc2)cnn1-c1ccc(=O)[nH]n1. The highest BCUT2D eigenvalue weighted by Gasteiger charge is 2.16. The first-order valence-corrected chi connectivity index (χ1v) is 7.60. The van der Waals surface area contributed by atoms with Crippen molar-refractivity contribution in [1.82, 2.24) is 20.0 Å². The molecule has 0 aliphatic heterocycles. The molecule has 0 unspecified atom stereocenters. The summed E-state index contributed by atoms with van der Waals surface area (Å²) in [6, 6.07) is 11.4. The van der Waals surface area contributed by atoms with Crippen LogP contribution in [0.25, 0.3) is 5.82 Å². The zero-order valence-corrected chi connectivity index (χ0v) is 13.8. The topological polar surface area (TPSA) is 126 Å². The molecule has 0 bridgehead atoms. The van der Waals surface area contributed by atoms with Crippen molar-refractivity contribution in [1.29, 1.82) is 5.26 Å². The highest BCUT2D eigenvalue weighted by molar-refractivity contribution is 6.05. The number of rotatable bonds is 5. The number of anilines is 1. The predicted molar refractivity (Wildman–Crippen MR) is 92.2 cm³/mol. The number of ether oxygens (including phenoxy) is 1. The van der Waals surface area contributed by atoms with Gasteiger partial charge < -0.3 is 10.1 Å². The van der Waals surface area contributed by atoms with E-state index in [0.29, 0.717) is 28.5 Å². The normalized spacial score (nSPS) is 10.2. The Morgan fingerprint density at radius 2 is 2.08 bits per heavy atom. The average molecular weight is 350 g/mol. The maximum Gasteiger partial charge on any atom is 0.264 e. The van der Waals surface area contributed by atoms with Crippen LogP contribution in [0.3, 0.4) is 0 Å². The van der Waals surface area contributed by atoms with E-state index in [0.717, 1.165) is 0 Å². The van der Waals surface area contributed by atoms with E-state index < -0.39 is 0 Å². The van der Waals surface area contributed by atoms with E-state index in [1.165, 1.54) is 23.0 Å². The van der Waals surface area contributed by atoms with Gasteiger partial charge in [-0.3, -0.25) is 9.59 Å². The summed E-state index contributed by atoms with van der Waals surface area (Å²) in [5.74, 6) is 0.613. The number of aromatic nitrogens is 4. The molecule has 0 fully saturated rings. The van der Waals surface area contributed by atoms with Crippen LogP contribution in [-0.2, 0) is 0 Å². The van der Waals surface area contributed by atoms with Crippen molar-refractivity contribution in [3.05, 3.63) is 64.2 Å². The monoisotopic (exact) mass is 350 g/mol. The molecule has 0 saturated carbocycles. The number of carbonyl (C=O) groups excluding carboxylic acids is 1. The minimum atomic E-state index is -0.330. The minimum absolute atomic E-state index is 0.0388. The largest absolute Gasteiger partial charge is 0.479 e. The molecule has 3 rings (SSSR count). The fourth-order valence-electron chi connectivity index (χ4n) is 2.27. The van der Waals surface area contributed by atoms with E-state index in [1.807, 2.05) is 6.07 Å². The Labute approximate surface area is 147 Å². The van der Waals surface area contributed by atoms with Gasteiger partial charge in [-0.25, -0.2) is 9.78 Å². The summed E-state index contributed by atoms with van der Waals surface area (Å²) in [6.07, 6.45) is 1.43. The molecule has 0 aliphatic carbocycles. The van der Waals surface area contributed by atoms with E-state index in [-0.39, 0.29) is 18.1 Å². The second-order valence-corrected chi connectivity index (χ2v) is 5.26. The van der Waals surface area contributed by atoms with Crippen molar-refractivity contribution in [3.63, 3.8) is 0 Å². The van der Waals surface area contributed by atoms with Gasteiger partial charge in [0.1, 0.15) is 11.8 Å². The predicted octanol–water partition coefficient (Wildman–Crippen LogP) is 1.42. The van der Waals surface area contributed by atoms with Gasteiger partial charge in [-0.2, -0.15) is 15.5 Å². The van der Waals surface area contributed by atoms with Crippen molar-refractivity contribution in [3.8, 4) is 17.6 Å². The molecule has 3 aromatic rings. The van der Waals surface area contributed by atoms with Gasteiger partial charge in [0.05, 0.1) is 17.5 Å². The summed E-state index contributed by atoms with van der Waals surface area (Å²) in [5, 5.41) is 21.6. The first kappa shape index (κ1) is 16.9. The number of carbonyl (C=O) groups is 1. The Kier molecular flexibility index (Phi) is 4.76. The lowest BCUT2D eigenvalue weighted by Gasteiger charge is -2.07. The molecule has 9 heteroatoms. The first-order chi connectivity index (χ1) is 12.6. The number of nitrogens with one attached hydrogen (secondary N) is 2. The van der Waals surface area contributed by atoms with Crippen molar-refractivity contribution < 1.29 is 9.53 Å². The van der Waals surface area contributed by atoms with E-state index in [1.54, 1.807) is 31.2 Å². The molecular weight excluding hydrogens is 336 g/mol. The zero-order valence-electron chi connectivity index (χ0n) is 13.8. The van der Waals surface area contributed by atoms with Gasteiger partial charge in [-0.05, 0) is 37.3 Å². The molecule has 2 heterocycles. The Morgan fingerprint density at radius 1 is 1.31 bits per heavy atom. The lowest BCUT2D eigenvalue weighted by molar-refractivity contribution is 0.102. The summed E-state index contributed by atoms with van der Waals surface area (Å²) in [7, 11) is 0. The van der Waals surface area contributed by atoms with Crippen molar-refractivity contribution >= 4 is 11.6 Å². The number of nitriles is 1. The standard InChI is InChI=1S/C17H14N6O3/c1-11-14(10-19-23(11)15-6-7-16(24)22-21-15)17(25)20-12-2-4-13(5-3-12)26-9-8-18/h2-7,10H,9H2,1H3,(H,20,25)(H,22,24). The van der Waals surface area contributed by atoms with E-state index in [4.69, 9.17) is 10.00 Å². The summed E-state index contributed by atoms with van der Waals surface area (Å²) < 4.78 is 6.62. The number of hydrogen-bond donors (Lipinski definition) is 2. The molecule has 2 aromatic heterocycles. The molecular formula is C17H14N6O3. The highest BCUT2D eigenvalue weighted by Crippen LogP contribution is 2.18. The second-order valence-electron chi connectivity index (χ2n) is 5.26. The van der Waals surface area contributed by atoms with Crippen molar-refractivity contribution in [2.45, 2.75) is 6.92 Å². The van der Waals surface area contributed by atoms with E-state index >= 15 is 0 Å². The van der Waals surface area contributed by atoms with Crippen LogP contribution in [0.4, 0.5) is 5.69 Å². The van der Waals surface area contributed by atoms with Gasteiger partial charge in [0.25, 0.3) is 11.5 Å². The molecule has 26 heavy (non-hydrogen) atoms. The lowest BCUT2D eigenvalue weighted by atomic mass is 10.2. The first-order valence-electron chi connectivity index (χ1n) is 7.60. The minimum Gasteiger partial charge on any atom is -0.479 e. The Hall–Kier alpha value is -3.93. The molecule has 1 aromatic carbocycles. The maximum atomic E-state index is 12.5. The zero-order chi connectivity index (χ0) is 18.5. The molecule has 130 valence electrons. The molecule has 0 saturated heterocycles. The fraction of sp³-hybridized carbons (Fsp3) is 0.118. The van der Waals surface area contributed by atoms with Crippen LogP contribution in [0.2, 0.25) is 0 Å². The third kappa shape index (κ3) is 3.59. The quantitative estimate of drug-likeness (QED) is 0.717. The van der Waals surface area contributed by atoms with Gasteiger partial charge in [0, 0.05) is 11.8 Å². The Balaban J connectivity index is 1.75. The molecule has 0 spiro atoms. The van der Waals surface area contributed by atoms with Gasteiger partial charge >= 0.3 is 0 Å². The van der Waals surface area contributed by atoms with Gasteiger partial charge in [-0.15, -0.1) is 0 Å². The van der Waals surface area contributed by atoms with Crippen LogP contribution in [0.5, 0.6) is 5.75 Å². The number of nitrogens with zero attached hydrogens (tertiary/aromatic N) is 4. The molecule has 0 radical (unpaired) electrons. The van der Waals surface area contributed by atoms with Gasteiger partial charge in [0.15, 0.2) is 12.4 Å². The fourth-order valence-corrected chi connectivity index (χ4v) is 2.27. The van der Waals surface area contributed by atoms with Crippen LogP contribution >= 0.6 is 0 Å². The van der Waals surface area contributed by atoms with Crippen molar-refractivity contribution in [2.75, 3.05) is 11.9 Å². The summed E-state index contributed by atoms with van der Waals surface area (Å²) in [4.78, 5) is 23.6. The van der Waals surface area contributed by atoms with Gasteiger partial charge in [0.2, 0.25) is 0 Å². The lowest BCUT2D eigenvalue weighted by Crippen LogP contribution is -2.14. The van der Waals surface area contributed by atoms with Crippen LogP contribution in [0.1, 0.15) is 16.1 Å². The summed E-state index contributed by atoms with van der Waals surface area (Å²) >= 11 is 0. The number of H-pyrrole nitrogens is 1. The third-order valence-corrected chi connectivity index (χ3v) is 3.55. The van der Waals surface area contributed by atoms with E-state index in [9.17, 15) is 9.59 Å². The number of aromatic amines is 1. The number of benzene rings is 1.